The number of rotatable bonds is 5. The number of hydrogen-bond donors (Lipinski definition) is 3. The van der Waals surface area contributed by atoms with Crippen LogP contribution in [0, 0.1) is 0 Å². The monoisotopic (exact) mass is 325 g/mol. The predicted octanol–water partition coefficient (Wildman–Crippen LogP) is 4.58. The fourth-order valence-corrected chi connectivity index (χ4v) is 2.08. The highest BCUT2D eigenvalue weighted by molar-refractivity contribution is 5.98. The minimum atomic E-state index is -0.135. The third-order valence-electron chi connectivity index (χ3n) is 3.17. The summed E-state index contributed by atoms with van der Waals surface area (Å²) >= 11 is 0. The second-order valence-corrected chi connectivity index (χ2v) is 5.09. The first kappa shape index (κ1) is 19.3. The average Bonchev–Trinajstić information content (AvgIpc) is 2.99. The molecule has 2 rings (SSSR count). The molecule has 1 aromatic heterocycles. The quantitative estimate of drug-likeness (QED) is 0.556. The van der Waals surface area contributed by atoms with Crippen LogP contribution in [0.2, 0.25) is 0 Å². The standard InChI is InChI=1S/C18H21N3O.C2H6/c1-3-4-5-6-7-8-13(2)20-18(22)17-12-14-11-15(19)9-10-16(14)21-17;1-2/h3-13,21H,19H2,1-2H3,(H,20,22);1-2H3/b4-3-,6-5-,8-7+;. The van der Waals surface area contributed by atoms with Crippen LogP contribution in [0.4, 0.5) is 5.69 Å². The molecule has 24 heavy (non-hydrogen) atoms. The molecule has 0 radical (unpaired) electrons. The van der Waals surface area contributed by atoms with Gasteiger partial charge in [0.2, 0.25) is 0 Å². The van der Waals surface area contributed by atoms with Gasteiger partial charge >= 0.3 is 0 Å². The minimum absolute atomic E-state index is 0.0563. The molecule has 1 amide bonds. The van der Waals surface area contributed by atoms with E-state index in [1.165, 1.54) is 0 Å². The van der Waals surface area contributed by atoms with Crippen molar-refractivity contribution >= 4 is 22.5 Å². The van der Waals surface area contributed by atoms with Crippen LogP contribution in [0.1, 0.15) is 38.2 Å². The molecular weight excluding hydrogens is 298 g/mol. The number of hydrogen-bond acceptors (Lipinski definition) is 2. The van der Waals surface area contributed by atoms with E-state index in [0.717, 1.165) is 10.9 Å². The van der Waals surface area contributed by atoms with E-state index in [1.54, 1.807) is 0 Å². The summed E-state index contributed by atoms with van der Waals surface area (Å²) in [6.45, 7) is 7.89. The Morgan fingerprint density at radius 3 is 2.58 bits per heavy atom. The molecule has 0 aliphatic rings. The maximum atomic E-state index is 12.2. The zero-order valence-electron chi connectivity index (χ0n) is 14.8. The fraction of sp³-hybridized carbons (Fsp3) is 0.250. The Bertz CT molecular complexity index is 738. The molecule has 0 saturated carbocycles. The van der Waals surface area contributed by atoms with Crippen molar-refractivity contribution in [1.29, 1.82) is 0 Å². The summed E-state index contributed by atoms with van der Waals surface area (Å²) < 4.78 is 0. The van der Waals surface area contributed by atoms with Gasteiger partial charge in [0, 0.05) is 22.6 Å². The summed E-state index contributed by atoms with van der Waals surface area (Å²) in [5.74, 6) is -0.135. The van der Waals surface area contributed by atoms with Crippen molar-refractivity contribution in [1.82, 2.24) is 10.3 Å². The maximum Gasteiger partial charge on any atom is 0.268 e. The van der Waals surface area contributed by atoms with Gasteiger partial charge in [-0.3, -0.25) is 4.79 Å². The number of aromatic amines is 1. The van der Waals surface area contributed by atoms with Crippen LogP contribution in [0.5, 0.6) is 0 Å². The lowest BCUT2D eigenvalue weighted by Crippen LogP contribution is -2.31. The first-order valence-corrected chi connectivity index (χ1v) is 8.25. The number of fused-ring (bicyclic) bond motifs is 1. The minimum Gasteiger partial charge on any atom is -0.399 e. The zero-order valence-corrected chi connectivity index (χ0v) is 14.8. The number of carbonyl (C=O) groups is 1. The van der Waals surface area contributed by atoms with Crippen molar-refractivity contribution < 1.29 is 4.79 Å². The van der Waals surface area contributed by atoms with E-state index in [9.17, 15) is 4.79 Å². The first-order chi connectivity index (χ1) is 11.6. The van der Waals surface area contributed by atoms with Gasteiger partial charge in [-0.25, -0.2) is 0 Å². The molecule has 0 aliphatic carbocycles. The summed E-state index contributed by atoms with van der Waals surface area (Å²) in [6.07, 6.45) is 11.6. The van der Waals surface area contributed by atoms with Gasteiger partial charge < -0.3 is 16.0 Å². The van der Waals surface area contributed by atoms with Crippen LogP contribution < -0.4 is 11.1 Å². The summed E-state index contributed by atoms with van der Waals surface area (Å²) in [5.41, 5.74) is 7.86. The summed E-state index contributed by atoms with van der Waals surface area (Å²) in [4.78, 5) is 15.3. The first-order valence-electron chi connectivity index (χ1n) is 8.25. The second kappa shape index (κ2) is 10.1. The molecule has 1 aromatic carbocycles. The molecule has 1 heterocycles. The van der Waals surface area contributed by atoms with Gasteiger partial charge in [0.25, 0.3) is 5.91 Å². The van der Waals surface area contributed by atoms with E-state index in [-0.39, 0.29) is 11.9 Å². The largest absolute Gasteiger partial charge is 0.399 e. The number of nitrogen functional groups attached to an aromatic ring is 1. The number of aromatic nitrogens is 1. The van der Waals surface area contributed by atoms with Gasteiger partial charge in [0.05, 0.1) is 0 Å². The number of allylic oxidation sites excluding steroid dienone is 5. The summed E-state index contributed by atoms with van der Waals surface area (Å²) in [7, 11) is 0. The zero-order chi connectivity index (χ0) is 17.9. The van der Waals surface area contributed by atoms with E-state index < -0.39 is 0 Å². The van der Waals surface area contributed by atoms with Gasteiger partial charge in [-0.2, -0.15) is 0 Å². The van der Waals surface area contributed by atoms with Crippen molar-refractivity contribution in [3.63, 3.8) is 0 Å². The van der Waals surface area contributed by atoms with Crippen LogP contribution in [0.15, 0.2) is 60.7 Å². The fourth-order valence-electron chi connectivity index (χ4n) is 2.08. The number of benzene rings is 1. The summed E-state index contributed by atoms with van der Waals surface area (Å²) in [6, 6.07) is 7.28. The SMILES string of the molecule is CC.C\C=C/C=C\C=C\C(C)NC(=O)c1cc2cc(N)ccc2[nH]1. The Balaban J connectivity index is 0.00000139. The molecule has 0 bridgehead atoms. The molecule has 4 heteroatoms. The van der Waals surface area contributed by atoms with Crippen molar-refractivity contribution in [2.75, 3.05) is 5.73 Å². The Labute approximate surface area is 144 Å². The molecular formula is C20H27N3O. The average molecular weight is 325 g/mol. The predicted molar refractivity (Wildman–Crippen MR) is 104 cm³/mol. The lowest BCUT2D eigenvalue weighted by atomic mass is 10.2. The van der Waals surface area contributed by atoms with Crippen LogP contribution in [-0.2, 0) is 0 Å². The number of H-pyrrole nitrogens is 1. The van der Waals surface area contributed by atoms with Crippen LogP contribution in [0.25, 0.3) is 10.9 Å². The molecule has 4 nitrogen and oxygen atoms in total. The van der Waals surface area contributed by atoms with E-state index in [1.807, 2.05) is 88.4 Å². The number of anilines is 1. The van der Waals surface area contributed by atoms with E-state index in [4.69, 9.17) is 5.73 Å². The van der Waals surface area contributed by atoms with Gasteiger partial charge in [0.1, 0.15) is 5.69 Å². The smallest absolute Gasteiger partial charge is 0.268 e. The molecule has 0 aliphatic heterocycles. The van der Waals surface area contributed by atoms with E-state index >= 15 is 0 Å². The lowest BCUT2D eigenvalue weighted by Gasteiger charge is -2.07. The van der Waals surface area contributed by atoms with Crippen LogP contribution >= 0.6 is 0 Å². The Kier molecular flexibility index (Phi) is 8.13. The maximum absolute atomic E-state index is 12.2. The Morgan fingerprint density at radius 2 is 1.88 bits per heavy atom. The molecule has 2 aromatic rings. The highest BCUT2D eigenvalue weighted by Crippen LogP contribution is 2.18. The molecule has 4 N–H and O–H groups in total. The number of nitrogens with two attached hydrogens (primary N) is 1. The van der Waals surface area contributed by atoms with Crippen LogP contribution in [-0.4, -0.2) is 16.9 Å². The molecule has 1 atom stereocenters. The van der Waals surface area contributed by atoms with E-state index in [0.29, 0.717) is 11.4 Å². The number of amides is 1. The van der Waals surface area contributed by atoms with Crippen molar-refractivity contribution in [2.45, 2.75) is 33.7 Å². The topological polar surface area (TPSA) is 70.9 Å². The third-order valence-corrected chi connectivity index (χ3v) is 3.17. The Hall–Kier alpha value is -2.75. The van der Waals surface area contributed by atoms with Crippen molar-refractivity contribution in [2.24, 2.45) is 0 Å². The van der Waals surface area contributed by atoms with Crippen molar-refractivity contribution in [3.8, 4) is 0 Å². The van der Waals surface area contributed by atoms with Crippen LogP contribution in [0.3, 0.4) is 0 Å². The second-order valence-electron chi connectivity index (χ2n) is 5.09. The number of nitrogens with one attached hydrogen (secondary N) is 2. The molecule has 1 unspecified atom stereocenters. The van der Waals surface area contributed by atoms with Gasteiger partial charge in [-0.1, -0.05) is 50.3 Å². The third kappa shape index (κ3) is 5.80. The van der Waals surface area contributed by atoms with Gasteiger partial charge in [-0.15, -0.1) is 0 Å². The van der Waals surface area contributed by atoms with E-state index in [2.05, 4.69) is 10.3 Å². The normalized spacial score (nSPS) is 12.7. The molecule has 0 spiro atoms. The summed E-state index contributed by atoms with van der Waals surface area (Å²) in [5, 5.41) is 3.86. The molecule has 0 saturated heterocycles. The molecule has 0 fully saturated rings. The highest BCUT2D eigenvalue weighted by atomic mass is 16.1. The highest BCUT2D eigenvalue weighted by Gasteiger charge is 2.10. The Morgan fingerprint density at radius 1 is 1.17 bits per heavy atom. The van der Waals surface area contributed by atoms with Crippen molar-refractivity contribution in [3.05, 3.63) is 66.4 Å². The number of carbonyl (C=O) groups excluding carboxylic acids is 1. The molecule has 128 valence electrons. The van der Waals surface area contributed by atoms with Gasteiger partial charge in [-0.05, 0) is 38.1 Å². The lowest BCUT2D eigenvalue weighted by molar-refractivity contribution is 0.0943. The van der Waals surface area contributed by atoms with Gasteiger partial charge in [0.15, 0.2) is 0 Å².